The van der Waals surface area contributed by atoms with Gasteiger partial charge in [0.05, 0.1) is 12.6 Å². The molecule has 1 N–H and O–H groups in total. The molecule has 1 aromatic carbocycles. The van der Waals surface area contributed by atoms with Gasteiger partial charge in [-0.15, -0.1) is 0 Å². The largest absolute Gasteiger partial charge is 0.450 e. The molecule has 0 aromatic heterocycles. The zero-order chi connectivity index (χ0) is 15.2. The highest BCUT2D eigenvalue weighted by Crippen LogP contribution is 2.32. The van der Waals surface area contributed by atoms with Crippen molar-refractivity contribution in [2.24, 2.45) is 5.92 Å². The smallest absolute Gasteiger partial charge is 0.407 e. The highest BCUT2D eigenvalue weighted by Gasteiger charge is 2.32. The normalized spacial score (nSPS) is 19.9. The average Bonchev–Trinajstić information content (AvgIpc) is 2.47. The Morgan fingerprint density at radius 1 is 1.38 bits per heavy atom. The molecule has 2 unspecified atom stereocenters. The second-order valence-corrected chi connectivity index (χ2v) is 5.65. The van der Waals surface area contributed by atoms with Crippen LogP contribution in [0.3, 0.4) is 0 Å². The molecule has 1 aliphatic rings. The van der Waals surface area contributed by atoms with Gasteiger partial charge in [0.1, 0.15) is 5.78 Å². The zero-order valence-corrected chi connectivity index (χ0v) is 12.9. The molecule has 1 fully saturated rings. The molecule has 1 amide bonds. The summed E-state index contributed by atoms with van der Waals surface area (Å²) in [5, 5.41) is 3.46. The van der Waals surface area contributed by atoms with Crippen molar-refractivity contribution in [1.29, 1.82) is 0 Å². The van der Waals surface area contributed by atoms with E-state index in [2.05, 4.69) is 5.32 Å². The third-order valence-electron chi connectivity index (χ3n) is 3.78. The number of rotatable bonds is 4. The third-order valence-corrected chi connectivity index (χ3v) is 4.03. The van der Waals surface area contributed by atoms with E-state index in [0.29, 0.717) is 18.1 Å². The quantitative estimate of drug-likeness (QED) is 0.918. The Kier molecular flexibility index (Phi) is 5.62. The fourth-order valence-corrected chi connectivity index (χ4v) is 2.87. The van der Waals surface area contributed by atoms with Gasteiger partial charge in [0.15, 0.2) is 0 Å². The zero-order valence-electron chi connectivity index (χ0n) is 12.1. The number of hydrogen-bond donors (Lipinski definition) is 1. The molecular formula is C16H20ClNO3. The Balaban J connectivity index is 2.22. The molecule has 2 atom stereocenters. The van der Waals surface area contributed by atoms with E-state index in [1.165, 1.54) is 0 Å². The van der Waals surface area contributed by atoms with Crippen LogP contribution in [0.15, 0.2) is 24.3 Å². The predicted molar refractivity (Wildman–Crippen MR) is 81.3 cm³/mol. The summed E-state index contributed by atoms with van der Waals surface area (Å²) in [4.78, 5) is 24.0. The van der Waals surface area contributed by atoms with Crippen molar-refractivity contribution < 1.29 is 14.3 Å². The SMILES string of the molecule is CCOC(=O)NC(c1ccc(Cl)cc1)C1CCCCC1=O. The van der Waals surface area contributed by atoms with Gasteiger partial charge in [0, 0.05) is 17.4 Å². The van der Waals surface area contributed by atoms with Crippen molar-refractivity contribution >= 4 is 23.5 Å². The first kappa shape index (κ1) is 15.8. The minimum Gasteiger partial charge on any atom is -0.450 e. The van der Waals surface area contributed by atoms with Crippen LogP contribution >= 0.6 is 11.6 Å². The van der Waals surface area contributed by atoms with Gasteiger partial charge in [-0.25, -0.2) is 4.79 Å². The summed E-state index contributed by atoms with van der Waals surface area (Å²) in [6.45, 7) is 2.06. The summed E-state index contributed by atoms with van der Waals surface area (Å²) < 4.78 is 4.96. The molecular weight excluding hydrogens is 290 g/mol. The number of hydrogen-bond acceptors (Lipinski definition) is 3. The standard InChI is InChI=1S/C16H20ClNO3/c1-2-21-16(20)18-15(11-7-9-12(17)10-8-11)13-5-3-4-6-14(13)19/h7-10,13,15H,2-6H2,1H3,(H,18,20). The molecule has 0 aliphatic heterocycles. The summed E-state index contributed by atoms with van der Waals surface area (Å²) in [6, 6.07) is 6.88. The molecule has 0 spiro atoms. The Morgan fingerprint density at radius 3 is 2.71 bits per heavy atom. The summed E-state index contributed by atoms with van der Waals surface area (Å²) in [7, 11) is 0. The van der Waals surface area contributed by atoms with E-state index < -0.39 is 6.09 Å². The number of alkyl carbamates (subject to hydrolysis) is 1. The molecule has 1 aliphatic carbocycles. The van der Waals surface area contributed by atoms with E-state index in [4.69, 9.17) is 16.3 Å². The van der Waals surface area contributed by atoms with Crippen molar-refractivity contribution in [3.05, 3.63) is 34.9 Å². The maximum atomic E-state index is 12.2. The highest BCUT2D eigenvalue weighted by atomic mass is 35.5. The lowest BCUT2D eigenvalue weighted by Gasteiger charge is -2.30. The molecule has 5 heteroatoms. The van der Waals surface area contributed by atoms with Crippen molar-refractivity contribution in [3.63, 3.8) is 0 Å². The topological polar surface area (TPSA) is 55.4 Å². The summed E-state index contributed by atoms with van der Waals surface area (Å²) in [5.41, 5.74) is 0.882. The maximum absolute atomic E-state index is 12.2. The molecule has 4 nitrogen and oxygen atoms in total. The van der Waals surface area contributed by atoms with Gasteiger partial charge < -0.3 is 10.1 Å². The minimum atomic E-state index is -0.490. The Hall–Kier alpha value is -1.55. The van der Waals surface area contributed by atoms with Gasteiger partial charge in [-0.05, 0) is 37.5 Å². The lowest BCUT2D eigenvalue weighted by molar-refractivity contribution is -0.125. The van der Waals surface area contributed by atoms with Gasteiger partial charge in [-0.1, -0.05) is 30.2 Å². The first-order valence-corrected chi connectivity index (χ1v) is 7.71. The van der Waals surface area contributed by atoms with Gasteiger partial charge in [0.2, 0.25) is 0 Å². The number of carbonyl (C=O) groups is 2. The van der Waals surface area contributed by atoms with Gasteiger partial charge in [-0.2, -0.15) is 0 Å². The molecule has 1 saturated carbocycles. The summed E-state index contributed by atoms with van der Waals surface area (Å²) >= 11 is 5.91. The second-order valence-electron chi connectivity index (χ2n) is 5.21. The molecule has 0 bridgehead atoms. The number of Topliss-reactive ketones (excluding diaryl/α,β-unsaturated/α-hetero) is 1. The molecule has 0 heterocycles. The third kappa shape index (κ3) is 4.21. The first-order valence-electron chi connectivity index (χ1n) is 7.33. The fraction of sp³-hybridized carbons (Fsp3) is 0.500. The van der Waals surface area contributed by atoms with Crippen LogP contribution in [0, 0.1) is 5.92 Å². The van der Waals surface area contributed by atoms with E-state index in [-0.39, 0.29) is 17.7 Å². The van der Waals surface area contributed by atoms with E-state index in [1.807, 2.05) is 12.1 Å². The van der Waals surface area contributed by atoms with Crippen molar-refractivity contribution in [3.8, 4) is 0 Å². The first-order chi connectivity index (χ1) is 10.1. The molecule has 2 rings (SSSR count). The van der Waals surface area contributed by atoms with Crippen LogP contribution in [0.5, 0.6) is 0 Å². The number of benzene rings is 1. The average molecular weight is 310 g/mol. The lowest BCUT2D eigenvalue weighted by atomic mass is 9.80. The lowest BCUT2D eigenvalue weighted by Crippen LogP contribution is -2.38. The maximum Gasteiger partial charge on any atom is 0.407 e. The van der Waals surface area contributed by atoms with Crippen molar-refractivity contribution in [2.45, 2.75) is 38.6 Å². The number of amides is 1. The van der Waals surface area contributed by atoms with Crippen LogP contribution in [0.4, 0.5) is 4.79 Å². The summed E-state index contributed by atoms with van der Waals surface area (Å²) in [5.74, 6) is 0.0160. The second kappa shape index (κ2) is 7.46. The minimum absolute atomic E-state index is 0.190. The molecule has 0 radical (unpaired) electrons. The molecule has 0 saturated heterocycles. The van der Waals surface area contributed by atoms with Crippen LogP contribution < -0.4 is 5.32 Å². The van der Waals surface area contributed by atoms with Crippen LogP contribution in [0.2, 0.25) is 5.02 Å². The Labute approximate surface area is 129 Å². The molecule has 21 heavy (non-hydrogen) atoms. The van der Waals surface area contributed by atoms with Gasteiger partial charge in [0.25, 0.3) is 0 Å². The van der Waals surface area contributed by atoms with Crippen molar-refractivity contribution in [1.82, 2.24) is 5.32 Å². The van der Waals surface area contributed by atoms with E-state index in [0.717, 1.165) is 24.8 Å². The van der Waals surface area contributed by atoms with E-state index in [1.54, 1.807) is 19.1 Å². The summed E-state index contributed by atoms with van der Waals surface area (Å²) in [6.07, 6.45) is 2.82. The molecule has 114 valence electrons. The van der Waals surface area contributed by atoms with E-state index in [9.17, 15) is 9.59 Å². The Morgan fingerprint density at radius 2 is 2.10 bits per heavy atom. The predicted octanol–water partition coefficient (Wildman–Crippen LogP) is 3.89. The van der Waals surface area contributed by atoms with Crippen LogP contribution in [-0.4, -0.2) is 18.5 Å². The van der Waals surface area contributed by atoms with E-state index >= 15 is 0 Å². The van der Waals surface area contributed by atoms with Crippen LogP contribution in [-0.2, 0) is 9.53 Å². The number of ether oxygens (including phenoxy) is 1. The number of carbonyl (C=O) groups excluding carboxylic acids is 2. The number of ketones is 1. The van der Waals surface area contributed by atoms with Crippen LogP contribution in [0.1, 0.15) is 44.2 Å². The number of nitrogens with one attached hydrogen (secondary N) is 1. The fourth-order valence-electron chi connectivity index (χ4n) is 2.75. The number of halogens is 1. The Bertz CT molecular complexity index is 501. The van der Waals surface area contributed by atoms with Crippen LogP contribution in [0.25, 0.3) is 0 Å². The monoisotopic (exact) mass is 309 g/mol. The highest BCUT2D eigenvalue weighted by molar-refractivity contribution is 6.30. The van der Waals surface area contributed by atoms with Gasteiger partial charge in [-0.3, -0.25) is 4.79 Å². The van der Waals surface area contributed by atoms with Gasteiger partial charge >= 0.3 is 6.09 Å². The molecule has 1 aromatic rings. The van der Waals surface area contributed by atoms with Crippen molar-refractivity contribution in [2.75, 3.05) is 6.61 Å².